The molecule has 2 aromatic carbocycles. The van der Waals surface area contributed by atoms with Gasteiger partial charge in [0.1, 0.15) is 11.5 Å². The molecule has 0 bridgehead atoms. The zero-order chi connectivity index (χ0) is 29.9. The number of nitrogens with zero attached hydrogens (tertiary/aromatic N) is 8. The van der Waals surface area contributed by atoms with Gasteiger partial charge in [-0.25, -0.2) is 13.6 Å². The highest BCUT2D eigenvalue weighted by atomic mass is 35.5. The molecule has 0 aliphatic carbocycles. The monoisotopic (exact) mass is 621 g/mol. The van der Waals surface area contributed by atoms with Gasteiger partial charge in [-0.05, 0) is 65.9 Å². The van der Waals surface area contributed by atoms with E-state index in [0.29, 0.717) is 24.1 Å². The molecule has 3 N–H and O–H groups in total. The largest absolute Gasteiger partial charge is 0.383 e. The summed E-state index contributed by atoms with van der Waals surface area (Å²) in [5.41, 5.74) is 9.31. The van der Waals surface area contributed by atoms with E-state index in [1.54, 1.807) is 29.2 Å². The number of aryl methyl sites for hydroxylation is 1. The Morgan fingerprint density at radius 3 is 2.65 bits per heavy atom. The van der Waals surface area contributed by atoms with Crippen LogP contribution in [0.1, 0.15) is 19.3 Å². The normalized spacial score (nSPS) is 15.5. The fourth-order valence-electron chi connectivity index (χ4n) is 5.55. The van der Waals surface area contributed by atoms with Crippen molar-refractivity contribution >= 4 is 34.2 Å². The number of nitrogens with two attached hydrogens (primary N) is 1. The molecule has 5 aromatic rings. The van der Waals surface area contributed by atoms with Gasteiger partial charge in [-0.1, -0.05) is 35.9 Å². The summed E-state index contributed by atoms with van der Waals surface area (Å²) in [7, 11) is 0. The third-order valence-corrected chi connectivity index (χ3v) is 9.27. The third kappa shape index (κ3) is 6.14. The van der Waals surface area contributed by atoms with E-state index in [-0.39, 0.29) is 33.5 Å². The molecule has 4 heterocycles. The second-order valence-electron chi connectivity index (χ2n) is 10.4. The number of nitrogen functional groups attached to an aromatic ring is 1. The van der Waals surface area contributed by atoms with Gasteiger partial charge in [-0.3, -0.25) is 4.68 Å². The standard InChI is InChI=1S/C29H29ClFN9O2S/c30-24-7-4-8-25(27(24)31)40-29(35-36-37-40)23-15-20(16-33-28(23)32)21-17-34-39(18-21)14-11-26(43(41)42)19-9-12-38(13-10-19)22-5-2-1-3-6-22/h1-8,15-19,26H,9-14H2,(H2,32,33)(H,41,42). The van der Waals surface area contributed by atoms with Gasteiger partial charge < -0.3 is 15.2 Å². The summed E-state index contributed by atoms with van der Waals surface area (Å²) in [6, 6.07) is 16.6. The maximum Gasteiger partial charge on any atom is 0.190 e. The number of hydrogen-bond donors (Lipinski definition) is 2. The summed E-state index contributed by atoms with van der Waals surface area (Å²) >= 11 is 4.02. The van der Waals surface area contributed by atoms with Crippen LogP contribution < -0.4 is 10.6 Å². The van der Waals surface area contributed by atoms with Crippen LogP contribution in [0.2, 0.25) is 5.02 Å². The zero-order valence-electron chi connectivity index (χ0n) is 23.0. The predicted molar refractivity (Wildman–Crippen MR) is 164 cm³/mol. The zero-order valence-corrected chi connectivity index (χ0v) is 24.6. The van der Waals surface area contributed by atoms with Gasteiger partial charge in [0.15, 0.2) is 22.7 Å². The molecule has 1 saturated heterocycles. The van der Waals surface area contributed by atoms with E-state index in [4.69, 9.17) is 17.3 Å². The average Bonchev–Trinajstić information content (AvgIpc) is 3.70. The van der Waals surface area contributed by atoms with Gasteiger partial charge in [0.25, 0.3) is 0 Å². The van der Waals surface area contributed by atoms with Crippen LogP contribution in [0.5, 0.6) is 0 Å². The molecule has 2 unspecified atom stereocenters. The number of pyridine rings is 1. The van der Waals surface area contributed by atoms with Crippen molar-refractivity contribution in [2.24, 2.45) is 5.92 Å². The van der Waals surface area contributed by atoms with Crippen LogP contribution in [-0.4, -0.2) is 62.1 Å². The Morgan fingerprint density at radius 1 is 1.09 bits per heavy atom. The minimum absolute atomic E-state index is 0.0591. The first-order chi connectivity index (χ1) is 20.9. The average molecular weight is 622 g/mol. The molecule has 0 saturated carbocycles. The van der Waals surface area contributed by atoms with E-state index < -0.39 is 16.9 Å². The van der Waals surface area contributed by atoms with E-state index in [9.17, 15) is 13.2 Å². The minimum atomic E-state index is -1.94. The summed E-state index contributed by atoms with van der Waals surface area (Å²) in [5, 5.41) is 15.8. The van der Waals surface area contributed by atoms with Crippen LogP contribution in [-0.2, 0) is 17.6 Å². The van der Waals surface area contributed by atoms with Gasteiger partial charge in [0.05, 0.1) is 22.0 Å². The van der Waals surface area contributed by atoms with Crippen molar-refractivity contribution in [3.63, 3.8) is 0 Å². The SMILES string of the molecule is Nc1ncc(-c2cnn(CCC(C3CCN(c4ccccc4)CC3)S(=O)O)c2)cc1-c1nnnn1-c1cccc(Cl)c1F. The fraction of sp³-hybridized carbons (Fsp3) is 0.276. The molecule has 3 aromatic heterocycles. The Kier molecular flexibility index (Phi) is 8.45. The number of para-hydroxylation sites is 1. The first-order valence-electron chi connectivity index (χ1n) is 13.8. The number of hydrogen-bond acceptors (Lipinski definition) is 8. The maximum absolute atomic E-state index is 14.8. The maximum atomic E-state index is 14.8. The number of tetrazole rings is 1. The molecule has 0 spiro atoms. The number of anilines is 2. The summed E-state index contributed by atoms with van der Waals surface area (Å²) in [5.74, 6) is -0.140. The number of piperidine rings is 1. The molecule has 222 valence electrons. The fourth-order valence-corrected chi connectivity index (χ4v) is 6.63. The smallest absolute Gasteiger partial charge is 0.190 e. The van der Waals surface area contributed by atoms with E-state index in [2.05, 4.69) is 42.6 Å². The molecule has 0 amide bonds. The number of benzene rings is 2. The first kappa shape index (κ1) is 28.9. The molecule has 43 heavy (non-hydrogen) atoms. The van der Waals surface area contributed by atoms with Gasteiger partial charge in [0, 0.05) is 48.8 Å². The van der Waals surface area contributed by atoms with Crippen molar-refractivity contribution in [3.05, 3.63) is 84.0 Å². The quantitative estimate of drug-likeness (QED) is 0.221. The predicted octanol–water partition coefficient (Wildman–Crippen LogP) is 4.86. The molecule has 2 atom stereocenters. The molecular formula is C29H29ClFN9O2S. The van der Waals surface area contributed by atoms with Crippen LogP contribution in [0.4, 0.5) is 15.9 Å². The van der Waals surface area contributed by atoms with Crippen molar-refractivity contribution < 1.29 is 13.2 Å². The van der Waals surface area contributed by atoms with Gasteiger partial charge in [0.2, 0.25) is 0 Å². The molecule has 1 aliphatic rings. The van der Waals surface area contributed by atoms with E-state index in [1.165, 1.54) is 22.5 Å². The van der Waals surface area contributed by atoms with Crippen molar-refractivity contribution in [1.82, 2.24) is 35.0 Å². The van der Waals surface area contributed by atoms with Gasteiger partial charge >= 0.3 is 0 Å². The molecule has 6 rings (SSSR count). The van der Waals surface area contributed by atoms with Crippen LogP contribution in [0.15, 0.2) is 73.2 Å². The van der Waals surface area contributed by atoms with Crippen LogP contribution >= 0.6 is 11.6 Å². The van der Waals surface area contributed by atoms with Crippen molar-refractivity contribution in [2.75, 3.05) is 23.7 Å². The Balaban J connectivity index is 1.16. The second kappa shape index (κ2) is 12.6. The third-order valence-electron chi connectivity index (χ3n) is 7.84. The summed E-state index contributed by atoms with van der Waals surface area (Å²) in [6.07, 6.45) is 7.39. The highest BCUT2D eigenvalue weighted by molar-refractivity contribution is 7.79. The Hall–Kier alpha value is -4.20. The van der Waals surface area contributed by atoms with Crippen molar-refractivity contribution in [1.29, 1.82) is 0 Å². The first-order valence-corrected chi connectivity index (χ1v) is 15.3. The lowest BCUT2D eigenvalue weighted by Gasteiger charge is -2.36. The number of rotatable bonds is 9. The van der Waals surface area contributed by atoms with Gasteiger partial charge in [-0.15, -0.1) is 5.10 Å². The van der Waals surface area contributed by atoms with Crippen LogP contribution in [0, 0.1) is 11.7 Å². The summed E-state index contributed by atoms with van der Waals surface area (Å²) in [4.78, 5) is 6.64. The van der Waals surface area contributed by atoms with E-state index >= 15 is 0 Å². The molecule has 1 fully saturated rings. The van der Waals surface area contributed by atoms with Crippen LogP contribution in [0.3, 0.4) is 0 Å². The van der Waals surface area contributed by atoms with Gasteiger partial charge in [-0.2, -0.15) is 9.78 Å². The Morgan fingerprint density at radius 2 is 1.88 bits per heavy atom. The lowest BCUT2D eigenvalue weighted by atomic mass is 9.91. The topological polar surface area (TPSA) is 141 Å². The molecule has 14 heteroatoms. The summed E-state index contributed by atoms with van der Waals surface area (Å²) < 4.78 is 40.2. The number of halogens is 2. The summed E-state index contributed by atoms with van der Waals surface area (Å²) in [6.45, 7) is 2.19. The number of aromatic nitrogens is 7. The van der Waals surface area contributed by atoms with Crippen molar-refractivity contribution in [2.45, 2.75) is 31.1 Å². The molecular weight excluding hydrogens is 593 g/mol. The highest BCUT2D eigenvalue weighted by Crippen LogP contribution is 2.32. The molecule has 0 radical (unpaired) electrons. The second-order valence-corrected chi connectivity index (χ2v) is 12.0. The van der Waals surface area contributed by atoms with E-state index in [1.807, 2.05) is 24.4 Å². The Labute approximate surface area is 254 Å². The molecule has 1 aliphatic heterocycles. The van der Waals surface area contributed by atoms with Crippen LogP contribution in [0.25, 0.3) is 28.2 Å². The lowest BCUT2D eigenvalue weighted by molar-refractivity contribution is 0.354. The van der Waals surface area contributed by atoms with E-state index in [0.717, 1.165) is 31.5 Å². The van der Waals surface area contributed by atoms with Crippen molar-refractivity contribution in [3.8, 4) is 28.2 Å². The lowest BCUT2D eigenvalue weighted by Crippen LogP contribution is -2.39. The minimum Gasteiger partial charge on any atom is -0.383 e. The molecule has 11 nitrogen and oxygen atoms in total. The highest BCUT2D eigenvalue weighted by Gasteiger charge is 2.30. The Bertz CT molecular complexity index is 1740.